The average molecular weight is 323 g/mol. The second-order valence-electron chi connectivity index (χ2n) is 5.62. The molecule has 0 spiro atoms. The van der Waals surface area contributed by atoms with Crippen LogP contribution in [0.15, 0.2) is 12.1 Å². The number of carbonyl (C=O) groups excluding carboxylic acids is 1. The fourth-order valence-corrected chi connectivity index (χ4v) is 2.71. The first-order valence-corrected chi connectivity index (χ1v) is 7.08. The van der Waals surface area contributed by atoms with Gasteiger partial charge in [0.15, 0.2) is 0 Å². The van der Waals surface area contributed by atoms with Crippen LogP contribution in [-0.2, 0) is 4.74 Å². The summed E-state index contributed by atoms with van der Waals surface area (Å²) in [6, 6.07) is 2.19. The second kappa shape index (κ2) is 6.29. The molecule has 1 amide bonds. The Kier molecular flexibility index (Phi) is 4.60. The molecule has 1 aliphatic heterocycles. The van der Waals surface area contributed by atoms with Gasteiger partial charge in [-0.3, -0.25) is 25.0 Å². The highest BCUT2D eigenvalue weighted by molar-refractivity contribution is 5.96. The number of nitrogens with zero attached hydrogens (tertiary/aromatic N) is 3. The van der Waals surface area contributed by atoms with Gasteiger partial charge in [-0.15, -0.1) is 0 Å². The number of benzene rings is 1. The molecule has 0 N–H and O–H groups in total. The molecule has 0 radical (unpaired) electrons. The minimum atomic E-state index is -0.719. The van der Waals surface area contributed by atoms with Gasteiger partial charge >= 0.3 is 0 Å². The molecule has 2 unspecified atom stereocenters. The van der Waals surface area contributed by atoms with Crippen LogP contribution in [-0.4, -0.2) is 46.0 Å². The molecule has 9 heteroatoms. The summed E-state index contributed by atoms with van der Waals surface area (Å²) < 4.78 is 5.54. The van der Waals surface area contributed by atoms with Gasteiger partial charge in [0.1, 0.15) is 5.56 Å². The molecule has 1 fully saturated rings. The van der Waals surface area contributed by atoms with Gasteiger partial charge in [-0.05, 0) is 20.8 Å². The Labute approximate surface area is 132 Å². The van der Waals surface area contributed by atoms with E-state index in [0.717, 1.165) is 12.1 Å². The summed E-state index contributed by atoms with van der Waals surface area (Å²) in [6.07, 6.45) is -0.337. The lowest BCUT2D eigenvalue weighted by molar-refractivity contribution is -0.395. The van der Waals surface area contributed by atoms with E-state index in [4.69, 9.17) is 4.74 Å². The Balaban J connectivity index is 2.44. The summed E-state index contributed by atoms with van der Waals surface area (Å²) >= 11 is 0. The van der Waals surface area contributed by atoms with Gasteiger partial charge in [0.2, 0.25) is 0 Å². The van der Waals surface area contributed by atoms with Gasteiger partial charge in [-0.1, -0.05) is 0 Å². The molecule has 0 aliphatic carbocycles. The van der Waals surface area contributed by atoms with Gasteiger partial charge in [0.05, 0.1) is 27.6 Å². The quantitative estimate of drug-likeness (QED) is 0.621. The molecule has 1 heterocycles. The predicted octanol–water partition coefficient (Wildman–Crippen LogP) is 2.06. The lowest BCUT2D eigenvalue weighted by Crippen LogP contribution is -2.48. The highest BCUT2D eigenvalue weighted by Crippen LogP contribution is 2.30. The molecule has 1 saturated heterocycles. The number of amides is 1. The molecule has 0 saturated carbocycles. The summed E-state index contributed by atoms with van der Waals surface area (Å²) in [5.41, 5.74) is -0.996. The second-order valence-corrected chi connectivity index (χ2v) is 5.62. The molecule has 124 valence electrons. The summed E-state index contributed by atoms with van der Waals surface area (Å²) in [7, 11) is 0. The lowest BCUT2D eigenvalue weighted by Gasteiger charge is -2.35. The summed E-state index contributed by atoms with van der Waals surface area (Å²) in [5.74, 6) is -0.474. The van der Waals surface area contributed by atoms with Gasteiger partial charge in [-0.25, -0.2) is 0 Å². The standard InChI is InChI=1S/C14H17N3O6/c1-8-6-15(7-9(2)23-8)14(18)11-4-12(16(19)20)10(3)13(5-11)17(21)22/h4-5,8-9H,6-7H2,1-3H3. The third kappa shape index (κ3) is 3.45. The fourth-order valence-electron chi connectivity index (χ4n) is 2.71. The van der Waals surface area contributed by atoms with Crippen LogP contribution in [0, 0.1) is 27.2 Å². The van der Waals surface area contributed by atoms with Crippen molar-refractivity contribution in [3.63, 3.8) is 0 Å². The van der Waals surface area contributed by atoms with E-state index in [1.54, 1.807) is 0 Å². The zero-order valence-electron chi connectivity index (χ0n) is 13.0. The first kappa shape index (κ1) is 16.8. The van der Waals surface area contributed by atoms with Crippen LogP contribution in [0.5, 0.6) is 0 Å². The average Bonchev–Trinajstić information content (AvgIpc) is 2.45. The van der Waals surface area contributed by atoms with E-state index in [-0.39, 0.29) is 23.3 Å². The number of rotatable bonds is 3. The van der Waals surface area contributed by atoms with Crippen molar-refractivity contribution in [2.24, 2.45) is 0 Å². The topological polar surface area (TPSA) is 116 Å². The summed E-state index contributed by atoms with van der Waals surface area (Å²) in [6.45, 7) is 5.59. The molecule has 0 aromatic heterocycles. The van der Waals surface area contributed by atoms with Crippen molar-refractivity contribution in [2.75, 3.05) is 13.1 Å². The van der Waals surface area contributed by atoms with Crippen molar-refractivity contribution >= 4 is 17.3 Å². The summed E-state index contributed by atoms with van der Waals surface area (Å²) in [5, 5.41) is 22.2. The maximum Gasteiger partial charge on any atom is 0.279 e. The Morgan fingerprint density at radius 2 is 1.57 bits per heavy atom. The van der Waals surface area contributed by atoms with Crippen LogP contribution >= 0.6 is 0 Å². The highest BCUT2D eigenvalue weighted by atomic mass is 16.6. The molecule has 2 rings (SSSR count). The van der Waals surface area contributed by atoms with Crippen molar-refractivity contribution in [1.29, 1.82) is 0 Å². The SMILES string of the molecule is Cc1c([N+](=O)[O-])cc(C(=O)N2CC(C)OC(C)C2)cc1[N+](=O)[O-]. The molecular formula is C14H17N3O6. The van der Waals surface area contributed by atoms with Gasteiger partial charge < -0.3 is 9.64 Å². The molecule has 1 aromatic carbocycles. The minimum absolute atomic E-state index is 0.0599. The molecule has 1 aromatic rings. The lowest BCUT2D eigenvalue weighted by atomic mass is 10.1. The molecule has 1 aliphatic rings. The Bertz CT molecular complexity index is 629. The zero-order valence-corrected chi connectivity index (χ0v) is 13.0. The maximum atomic E-state index is 12.6. The van der Waals surface area contributed by atoms with Crippen molar-refractivity contribution in [3.05, 3.63) is 43.5 Å². The number of carbonyl (C=O) groups is 1. The third-order valence-electron chi connectivity index (χ3n) is 3.70. The van der Waals surface area contributed by atoms with Crippen LogP contribution in [0.4, 0.5) is 11.4 Å². The van der Waals surface area contributed by atoms with E-state index < -0.39 is 27.1 Å². The Morgan fingerprint density at radius 1 is 1.13 bits per heavy atom. The number of ether oxygens (including phenoxy) is 1. The van der Waals surface area contributed by atoms with E-state index in [1.165, 1.54) is 11.8 Å². The number of hydrogen-bond donors (Lipinski definition) is 0. The molecule has 23 heavy (non-hydrogen) atoms. The van der Waals surface area contributed by atoms with Crippen molar-refractivity contribution in [1.82, 2.24) is 4.90 Å². The normalized spacial score (nSPS) is 21.1. The minimum Gasteiger partial charge on any atom is -0.372 e. The summed E-state index contributed by atoms with van der Waals surface area (Å²) in [4.78, 5) is 34.8. The van der Waals surface area contributed by atoms with Crippen molar-refractivity contribution < 1.29 is 19.4 Å². The number of nitro groups is 2. The van der Waals surface area contributed by atoms with Crippen molar-refractivity contribution in [2.45, 2.75) is 33.0 Å². The molecule has 2 atom stereocenters. The van der Waals surface area contributed by atoms with E-state index in [2.05, 4.69) is 0 Å². The first-order chi connectivity index (χ1) is 10.7. The first-order valence-electron chi connectivity index (χ1n) is 7.08. The van der Waals surface area contributed by atoms with Gasteiger partial charge in [0, 0.05) is 25.2 Å². The van der Waals surface area contributed by atoms with Crippen LogP contribution in [0.3, 0.4) is 0 Å². The number of nitro benzene ring substituents is 2. The highest BCUT2D eigenvalue weighted by Gasteiger charge is 2.30. The van der Waals surface area contributed by atoms with Crippen LogP contribution in [0.1, 0.15) is 29.8 Å². The van der Waals surface area contributed by atoms with Crippen LogP contribution in [0.25, 0.3) is 0 Å². The molecule has 0 bridgehead atoms. The Hall–Kier alpha value is -2.55. The third-order valence-corrected chi connectivity index (χ3v) is 3.70. The van der Waals surface area contributed by atoms with E-state index in [9.17, 15) is 25.0 Å². The molecule has 9 nitrogen and oxygen atoms in total. The van der Waals surface area contributed by atoms with Crippen LogP contribution in [0.2, 0.25) is 0 Å². The van der Waals surface area contributed by atoms with Crippen molar-refractivity contribution in [3.8, 4) is 0 Å². The largest absolute Gasteiger partial charge is 0.372 e. The van der Waals surface area contributed by atoms with Gasteiger partial charge in [-0.2, -0.15) is 0 Å². The van der Waals surface area contributed by atoms with Crippen LogP contribution < -0.4 is 0 Å². The van der Waals surface area contributed by atoms with E-state index in [0.29, 0.717) is 13.1 Å². The number of hydrogen-bond acceptors (Lipinski definition) is 6. The van der Waals surface area contributed by atoms with E-state index >= 15 is 0 Å². The predicted molar refractivity (Wildman–Crippen MR) is 80.4 cm³/mol. The fraction of sp³-hybridized carbons (Fsp3) is 0.500. The molecular weight excluding hydrogens is 306 g/mol. The zero-order chi connectivity index (χ0) is 17.3. The van der Waals surface area contributed by atoms with Gasteiger partial charge in [0.25, 0.3) is 17.3 Å². The smallest absolute Gasteiger partial charge is 0.279 e. The number of morpholine rings is 1. The maximum absolute atomic E-state index is 12.6. The Morgan fingerprint density at radius 3 is 1.96 bits per heavy atom. The monoisotopic (exact) mass is 323 g/mol. The van der Waals surface area contributed by atoms with E-state index in [1.807, 2.05) is 13.8 Å².